The maximum atomic E-state index is 4.95. The highest BCUT2D eigenvalue weighted by molar-refractivity contribution is 6.04. The maximum Gasteiger partial charge on any atom is 0.0965 e. The van der Waals surface area contributed by atoms with Crippen LogP contribution < -0.4 is 10.6 Å². The van der Waals surface area contributed by atoms with Crippen LogP contribution in [0.2, 0.25) is 0 Å². The van der Waals surface area contributed by atoms with Crippen LogP contribution in [0.1, 0.15) is 0 Å². The van der Waals surface area contributed by atoms with E-state index in [-0.39, 0.29) is 0 Å². The molecule has 0 amide bonds. The van der Waals surface area contributed by atoms with Gasteiger partial charge in [0.25, 0.3) is 0 Å². The summed E-state index contributed by atoms with van der Waals surface area (Å²) in [5.74, 6) is 0. The topological polar surface area (TPSA) is 37.0 Å². The fourth-order valence-electron chi connectivity index (χ4n) is 3.06. The van der Waals surface area contributed by atoms with Crippen LogP contribution in [0.3, 0.4) is 0 Å². The lowest BCUT2D eigenvalue weighted by atomic mass is 10.0. The second kappa shape index (κ2) is 6.65. The van der Waals surface area contributed by atoms with E-state index >= 15 is 0 Å². The Balaban J connectivity index is 1.99. The highest BCUT2D eigenvalue weighted by atomic mass is 15.0. The molecule has 25 heavy (non-hydrogen) atoms. The Bertz CT molecular complexity index is 996. The second-order valence-corrected chi connectivity index (χ2v) is 5.83. The van der Waals surface area contributed by atoms with Gasteiger partial charge < -0.3 is 10.6 Å². The van der Waals surface area contributed by atoms with Gasteiger partial charge in [0.05, 0.1) is 22.6 Å². The number of para-hydroxylation sites is 2. The minimum Gasteiger partial charge on any atom is -0.386 e. The minimum atomic E-state index is 0.938. The van der Waals surface area contributed by atoms with Crippen molar-refractivity contribution < 1.29 is 0 Å². The summed E-state index contributed by atoms with van der Waals surface area (Å²) in [6.45, 7) is 0. The molecule has 0 aliphatic carbocycles. The van der Waals surface area contributed by atoms with Crippen molar-refractivity contribution in [1.82, 2.24) is 4.98 Å². The van der Waals surface area contributed by atoms with Crippen LogP contribution in [0.5, 0.6) is 0 Å². The van der Waals surface area contributed by atoms with E-state index in [4.69, 9.17) is 4.98 Å². The third-order valence-electron chi connectivity index (χ3n) is 4.23. The number of hydrogen-bond acceptors (Lipinski definition) is 3. The molecule has 0 aliphatic rings. The molecule has 2 N–H and O–H groups in total. The zero-order valence-corrected chi connectivity index (χ0v) is 14.0. The molecule has 122 valence electrons. The molecule has 0 bridgehead atoms. The lowest BCUT2D eigenvalue weighted by Gasteiger charge is -2.18. The predicted molar refractivity (Wildman–Crippen MR) is 106 cm³/mol. The van der Waals surface area contributed by atoms with Crippen LogP contribution in [0.4, 0.5) is 17.1 Å². The maximum absolute atomic E-state index is 4.95. The van der Waals surface area contributed by atoms with Gasteiger partial charge >= 0.3 is 0 Å². The minimum absolute atomic E-state index is 0.938. The average Bonchev–Trinajstić information content (AvgIpc) is 2.69. The molecule has 3 heteroatoms. The number of pyridine rings is 1. The van der Waals surface area contributed by atoms with Crippen molar-refractivity contribution in [3.8, 4) is 11.3 Å². The summed E-state index contributed by atoms with van der Waals surface area (Å²) in [6.07, 6.45) is 0. The monoisotopic (exact) mass is 325 g/mol. The first-order chi connectivity index (χ1) is 12.4. The molecule has 0 atom stereocenters. The summed E-state index contributed by atoms with van der Waals surface area (Å²) < 4.78 is 0. The fourth-order valence-corrected chi connectivity index (χ4v) is 3.06. The third kappa shape index (κ3) is 2.92. The van der Waals surface area contributed by atoms with E-state index in [0.29, 0.717) is 0 Å². The van der Waals surface area contributed by atoms with Crippen LogP contribution in [0.25, 0.3) is 22.2 Å². The summed E-state index contributed by atoms with van der Waals surface area (Å²) >= 11 is 0. The highest BCUT2D eigenvalue weighted by Crippen LogP contribution is 2.39. The summed E-state index contributed by atoms with van der Waals surface area (Å²) in [5.41, 5.74) is 6.07. The molecule has 0 aliphatic heterocycles. The molecular formula is C22H19N3. The fraction of sp³-hybridized carbons (Fsp3) is 0.0455. The molecular weight excluding hydrogens is 306 g/mol. The van der Waals surface area contributed by atoms with Crippen molar-refractivity contribution in [2.24, 2.45) is 0 Å². The van der Waals surface area contributed by atoms with Crippen molar-refractivity contribution >= 4 is 28.0 Å². The molecule has 1 aromatic heterocycles. The van der Waals surface area contributed by atoms with E-state index in [1.807, 2.05) is 55.6 Å². The first-order valence-electron chi connectivity index (χ1n) is 8.35. The molecule has 4 rings (SSSR count). The quantitative estimate of drug-likeness (QED) is 0.506. The van der Waals surface area contributed by atoms with Crippen LogP contribution in [0.15, 0.2) is 84.9 Å². The molecule has 0 saturated carbocycles. The number of hydrogen-bond donors (Lipinski definition) is 2. The van der Waals surface area contributed by atoms with Gasteiger partial charge in [-0.25, -0.2) is 4.98 Å². The van der Waals surface area contributed by atoms with Gasteiger partial charge in [-0.2, -0.15) is 0 Å². The van der Waals surface area contributed by atoms with Crippen LogP contribution in [-0.4, -0.2) is 12.0 Å². The number of benzene rings is 3. The Morgan fingerprint density at radius 3 is 2.04 bits per heavy atom. The lowest BCUT2D eigenvalue weighted by Crippen LogP contribution is -2.02. The number of nitrogens with zero attached hydrogens (tertiary/aromatic N) is 1. The van der Waals surface area contributed by atoms with Crippen molar-refractivity contribution in [2.45, 2.75) is 0 Å². The van der Waals surface area contributed by atoms with Crippen LogP contribution in [-0.2, 0) is 0 Å². The SMILES string of the molecule is CNc1c(Nc2ccccc2)c(-c2ccccc2)nc2ccccc12. The largest absolute Gasteiger partial charge is 0.386 e. The molecule has 0 saturated heterocycles. The summed E-state index contributed by atoms with van der Waals surface area (Å²) in [5, 5.41) is 8.02. The van der Waals surface area contributed by atoms with Crippen molar-refractivity contribution in [3.63, 3.8) is 0 Å². The number of anilines is 3. The zero-order chi connectivity index (χ0) is 17.1. The predicted octanol–water partition coefficient (Wildman–Crippen LogP) is 5.69. The Kier molecular flexibility index (Phi) is 4.05. The van der Waals surface area contributed by atoms with Crippen LogP contribution >= 0.6 is 0 Å². The van der Waals surface area contributed by atoms with Crippen molar-refractivity contribution in [1.29, 1.82) is 0 Å². The van der Waals surface area contributed by atoms with Gasteiger partial charge in [0, 0.05) is 23.7 Å². The number of rotatable bonds is 4. The summed E-state index contributed by atoms with van der Waals surface area (Å²) in [6, 6.07) is 28.7. The number of fused-ring (bicyclic) bond motifs is 1. The van der Waals surface area contributed by atoms with E-state index in [0.717, 1.165) is 39.2 Å². The highest BCUT2D eigenvalue weighted by Gasteiger charge is 2.15. The second-order valence-electron chi connectivity index (χ2n) is 5.83. The van der Waals surface area contributed by atoms with E-state index in [1.165, 1.54) is 0 Å². The average molecular weight is 325 g/mol. The Morgan fingerprint density at radius 1 is 0.680 bits per heavy atom. The van der Waals surface area contributed by atoms with Gasteiger partial charge in [0.15, 0.2) is 0 Å². The van der Waals surface area contributed by atoms with Gasteiger partial charge in [-0.1, -0.05) is 66.7 Å². The zero-order valence-electron chi connectivity index (χ0n) is 14.0. The van der Waals surface area contributed by atoms with E-state index in [9.17, 15) is 0 Å². The van der Waals surface area contributed by atoms with Gasteiger partial charge in [-0.05, 0) is 18.2 Å². The summed E-state index contributed by atoms with van der Waals surface area (Å²) in [4.78, 5) is 4.95. The van der Waals surface area contributed by atoms with E-state index < -0.39 is 0 Å². The lowest BCUT2D eigenvalue weighted by molar-refractivity contribution is 1.37. The van der Waals surface area contributed by atoms with E-state index in [2.05, 4.69) is 47.0 Å². The molecule has 3 nitrogen and oxygen atoms in total. The van der Waals surface area contributed by atoms with Gasteiger partial charge in [0.2, 0.25) is 0 Å². The number of nitrogens with one attached hydrogen (secondary N) is 2. The first kappa shape index (κ1) is 15.2. The van der Waals surface area contributed by atoms with E-state index in [1.54, 1.807) is 0 Å². The van der Waals surface area contributed by atoms with Gasteiger partial charge in [0.1, 0.15) is 0 Å². The third-order valence-corrected chi connectivity index (χ3v) is 4.23. The Hall–Kier alpha value is -3.33. The first-order valence-corrected chi connectivity index (χ1v) is 8.35. The molecule has 1 heterocycles. The molecule has 0 spiro atoms. The normalized spacial score (nSPS) is 10.6. The molecule has 0 unspecified atom stereocenters. The van der Waals surface area contributed by atoms with Crippen LogP contribution in [0, 0.1) is 0 Å². The molecule has 4 aromatic rings. The Morgan fingerprint density at radius 2 is 1.32 bits per heavy atom. The number of aromatic nitrogens is 1. The molecule has 3 aromatic carbocycles. The van der Waals surface area contributed by atoms with Gasteiger partial charge in [-0.3, -0.25) is 0 Å². The molecule has 0 fully saturated rings. The van der Waals surface area contributed by atoms with Crippen molar-refractivity contribution in [2.75, 3.05) is 17.7 Å². The standard InChI is InChI=1S/C22H19N3/c1-23-21-18-14-8-9-15-19(18)25-20(16-10-4-2-5-11-16)22(21)24-17-12-6-3-7-13-17/h2-15,24H,1H3,(H,23,25). The summed E-state index contributed by atoms with van der Waals surface area (Å²) in [7, 11) is 1.95. The Labute approximate surface area is 147 Å². The molecule has 0 radical (unpaired) electrons. The van der Waals surface area contributed by atoms with Crippen molar-refractivity contribution in [3.05, 3.63) is 84.9 Å². The van der Waals surface area contributed by atoms with Gasteiger partial charge in [-0.15, -0.1) is 0 Å². The smallest absolute Gasteiger partial charge is 0.0965 e.